The number of hydrogen-bond donors (Lipinski definition) is 3. The van der Waals surface area contributed by atoms with E-state index in [1.807, 2.05) is 0 Å². The van der Waals surface area contributed by atoms with E-state index in [0.717, 1.165) is 42.9 Å². The van der Waals surface area contributed by atoms with Crippen LogP contribution < -0.4 is 16.4 Å². The zero-order chi connectivity index (χ0) is 24.5. The van der Waals surface area contributed by atoms with E-state index in [1.165, 1.54) is 6.07 Å². The van der Waals surface area contributed by atoms with Crippen molar-refractivity contribution in [3.8, 4) is 0 Å². The first-order valence-corrected chi connectivity index (χ1v) is 11.6. The van der Waals surface area contributed by atoms with Crippen LogP contribution in [-0.2, 0) is 0 Å². The molecule has 0 bridgehead atoms. The van der Waals surface area contributed by atoms with E-state index >= 15 is 0 Å². The number of halogens is 2. The van der Waals surface area contributed by atoms with Crippen molar-refractivity contribution in [2.45, 2.75) is 25.3 Å². The highest BCUT2D eigenvalue weighted by molar-refractivity contribution is 7.18. The molecule has 0 spiro atoms. The number of aromatic nitrogens is 1. The van der Waals surface area contributed by atoms with Crippen LogP contribution in [-0.4, -0.2) is 47.3 Å². The number of rotatable bonds is 7. The van der Waals surface area contributed by atoms with Crippen LogP contribution >= 0.6 is 11.3 Å². The number of nitrogens with zero attached hydrogens (tertiary/aromatic N) is 2. The average molecular weight is 486 g/mol. The molecule has 34 heavy (non-hydrogen) atoms. The summed E-state index contributed by atoms with van der Waals surface area (Å²) in [6.45, 7) is 3.74. The molecule has 1 aromatic heterocycles. The van der Waals surface area contributed by atoms with E-state index in [2.05, 4.69) is 34.5 Å². The van der Waals surface area contributed by atoms with E-state index in [9.17, 15) is 18.4 Å². The van der Waals surface area contributed by atoms with Gasteiger partial charge in [0.05, 0.1) is 5.56 Å². The number of hydrogen-bond acceptors (Lipinski definition) is 7. The van der Waals surface area contributed by atoms with E-state index in [4.69, 9.17) is 5.73 Å². The fourth-order valence-electron chi connectivity index (χ4n) is 3.96. The molecule has 1 aliphatic rings. The van der Waals surface area contributed by atoms with Crippen LogP contribution in [0.25, 0.3) is 0 Å². The molecule has 7 nitrogen and oxygen atoms in total. The second-order valence-corrected chi connectivity index (χ2v) is 9.57. The maximum absolute atomic E-state index is 14.0. The molecule has 2 heterocycles. The molecular weight excluding hydrogens is 460 g/mol. The Kier molecular flexibility index (Phi) is 6.63. The van der Waals surface area contributed by atoms with Gasteiger partial charge in [0.1, 0.15) is 22.3 Å². The quantitative estimate of drug-likeness (QED) is 0.434. The molecule has 0 aliphatic carbocycles. The molecule has 10 heteroatoms. The zero-order valence-electron chi connectivity index (χ0n) is 18.8. The summed E-state index contributed by atoms with van der Waals surface area (Å²) in [5.41, 5.74) is 6.26. The second-order valence-electron chi connectivity index (χ2n) is 8.57. The number of nitrogen functional groups attached to an aromatic ring is 1. The third-order valence-electron chi connectivity index (χ3n) is 6.21. The van der Waals surface area contributed by atoms with Crippen molar-refractivity contribution in [2.24, 2.45) is 0 Å². The fraction of sp³-hybridized carbons (Fsp3) is 0.292. The number of anilines is 3. The van der Waals surface area contributed by atoms with Crippen molar-refractivity contribution >= 4 is 39.7 Å². The molecule has 0 saturated carbocycles. The molecule has 178 valence electrons. The standard InChI is InChI=1S/C24H25F2N5O2S/c1-24(11-4-12-31(24)2)13-28-22(33)14-7-9-15(10-8-14)29-23-30-21(27)20(34-23)19(32)18-16(25)5-3-6-17(18)26/h3,5-10H,4,11-13,27H2,1-2H3,(H,28,33)(H,29,30)/t24-/m0/s1. The van der Waals surface area contributed by atoms with Crippen LogP contribution in [0.5, 0.6) is 0 Å². The molecule has 3 aromatic rings. The highest BCUT2D eigenvalue weighted by Gasteiger charge is 2.34. The normalized spacial score (nSPS) is 18.1. The number of nitrogens with two attached hydrogens (primary N) is 1. The average Bonchev–Trinajstić information content (AvgIpc) is 3.33. The first-order valence-electron chi connectivity index (χ1n) is 10.8. The van der Waals surface area contributed by atoms with Gasteiger partial charge >= 0.3 is 0 Å². The fourth-order valence-corrected chi connectivity index (χ4v) is 4.81. The predicted octanol–water partition coefficient (Wildman–Crippen LogP) is 4.19. The Hall–Kier alpha value is -3.37. The van der Waals surface area contributed by atoms with Gasteiger partial charge in [-0.2, -0.15) is 0 Å². The first kappa shape index (κ1) is 23.8. The van der Waals surface area contributed by atoms with Gasteiger partial charge in [-0.3, -0.25) is 14.5 Å². The molecular formula is C24H25F2N5O2S. The van der Waals surface area contributed by atoms with E-state index < -0.39 is 23.0 Å². The minimum atomic E-state index is -0.963. The Morgan fingerprint density at radius 3 is 2.47 bits per heavy atom. The van der Waals surface area contributed by atoms with Gasteiger partial charge < -0.3 is 16.4 Å². The Balaban J connectivity index is 1.42. The van der Waals surface area contributed by atoms with E-state index in [0.29, 0.717) is 17.8 Å². The third kappa shape index (κ3) is 4.78. The molecule has 4 N–H and O–H groups in total. The van der Waals surface area contributed by atoms with Crippen molar-refractivity contribution < 1.29 is 18.4 Å². The topological polar surface area (TPSA) is 100 Å². The van der Waals surface area contributed by atoms with Gasteiger partial charge in [-0.25, -0.2) is 13.8 Å². The number of likely N-dealkylation sites (N-methyl/N-ethyl adjacent to an activating group) is 1. The maximum Gasteiger partial charge on any atom is 0.251 e. The van der Waals surface area contributed by atoms with Gasteiger partial charge in [0.25, 0.3) is 5.91 Å². The Morgan fingerprint density at radius 1 is 1.18 bits per heavy atom. The van der Waals surface area contributed by atoms with Crippen molar-refractivity contribution in [1.82, 2.24) is 15.2 Å². The largest absolute Gasteiger partial charge is 0.382 e. The first-order chi connectivity index (χ1) is 16.2. The highest BCUT2D eigenvalue weighted by Crippen LogP contribution is 2.31. The SMILES string of the molecule is CN1CCC[C@@]1(C)CNC(=O)c1ccc(Nc2nc(N)c(C(=O)c3c(F)cccc3F)s2)cc1. The van der Waals surface area contributed by atoms with E-state index in [1.54, 1.807) is 24.3 Å². The summed E-state index contributed by atoms with van der Waals surface area (Å²) in [7, 11) is 2.07. The molecule has 1 saturated heterocycles. The summed E-state index contributed by atoms with van der Waals surface area (Å²) in [5, 5.41) is 6.29. The van der Waals surface area contributed by atoms with Gasteiger partial charge in [0, 0.05) is 23.3 Å². The molecule has 0 radical (unpaired) electrons. The molecule has 2 aromatic carbocycles. The highest BCUT2D eigenvalue weighted by atomic mass is 32.1. The molecule has 1 fully saturated rings. The molecule has 0 unspecified atom stereocenters. The maximum atomic E-state index is 14.0. The van der Waals surface area contributed by atoms with Crippen LogP contribution in [0.2, 0.25) is 0 Å². The van der Waals surface area contributed by atoms with Gasteiger partial charge in [0.15, 0.2) is 5.13 Å². The third-order valence-corrected chi connectivity index (χ3v) is 7.19. The molecule has 1 aliphatic heterocycles. The van der Waals surface area contributed by atoms with Crippen molar-refractivity contribution in [3.63, 3.8) is 0 Å². The Morgan fingerprint density at radius 2 is 1.85 bits per heavy atom. The lowest BCUT2D eigenvalue weighted by Gasteiger charge is -2.32. The predicted molar refractivity (Wildman–Crippen MR) is 129 cm³/mol. The summed E-state index contributed by atoms with van der Waals surface area (Å²) < 4.78 is 28.0. The van der Waals surface area contributed by atoms with Gasteiger partial charge in [-0.05, 0) is 69.8 Å². The van der Waals surface area contributed by atoms with Crippen molar-refractivity contribution in [1.29, 1.82) is 0 Å². The van der Waals surface area contributed by atoms with Crippen LogP contribution in [0.15, 0.2) is 42.5 Å². The lowest BCUT2D eigenvalue weighted by Crippen LogP contribution is -2.48. The second kappa shape index (κ2) is 9.47. The van der Waals surface area contributed by atoms with Gasteiger partial charge in [0.2, 0.25) is 5.78 Å². The minimum absolute atomic E-state index is 0.0390. The van der Waals surface area contributed by atoms with Crippen LogP contribution in [0.3, 0.4) is 0 Å². The zero-order valence-corrected chi connectivity index (χ0v) is 19.6. The summed E-state index contributed by atoms with van der Waals surface area (Å²) in [4.78, 5) is 31.5. The number of carbonyl (C=O) groups excluding carboxylic acids is 2. The van der Waals surface area contributed by atoms with Crippen LogP contribution in [0, 0.1) is 11.6 Å². The number of nitrogens with one attached hydrogen (secondary N) is 2. The molecule has 1 amide bonds. The monoisotopic (exact) mass is 485 g/mol. The Bertz CT molecular complexity index is 1210. The number of thiazole rings is 1. The summed E-state index contributed by atoms with van der Waals surface area (Å²) >= 11 is 0.893. The summed E-state index contributed by atoms with van der Waals surface area (Å²) in [6.07, 6.45) is 2.16. The molecule has 4 rings (SSSR count). The van der Waals surface area contributed by atoms with Crippen molar-refractivity contribution in [2.75, 3.05) is 31.2 Å². The van der Waals surface area contributed by atoms with Crippen molar-refractivity contribution in [3.05, 3.63) is 70.1 Å². The molecule has 1 atom stereocenters. The lowest BCUT2D eigenvalue weighted by atomic mass is 9.99. The summed E-state index contributed by atoms with van der Waals surface area (Å²) in [6, 6.07) is 9.96. The number of likely N-dealkylation sites (tertiary alicyclic amines) is 1. The van der Waals surface area contributed by atoms with E-state index in [-0.39, 0.29) is 27.3 Å². The number of carbonyl (C=O) groups is 2. The number of ketones is 1. The van der Waals surface area contributed by atoms with Gasteiger partial charge in [-0.15, -0.1) is 0 Å². The Labute approximate surface area is 200 Å². The van der Waals surface area contributed by atoms with Crippen LogP contribution in [0.4, 0.5) is 25.4 Å². The lowest BCUT2D eigenvalue weighted by molar-refractivity contribution is 0.0919. The number of benzene rings is 2. The minimum Gasteiger partial charge on any atom is -0.382 e. The number of amides is 1. The van der Waals surface area contributed by atoms with Crippen LogP contribution in [0.1, 0.15) is 45.4 Å². The van der Waals surface area contributed by atoms with Gasteiger partial charge in [-0.1, -0.05) is 17.4 Å². The smallest absolute Gasteiger partial charge is 0.251 e. The summed E-state index contributed by atoms with van der Waals surface area (Å²) in [5.74, 6) is -3.08.